The summed E-state index contributed by atoms with van der Waals surface area (Å²) >= 11 is 2.80. The number of hydrogen-bond donors (Lipinski definition) is 0. The van der Waals surface area contributed by atoms with Crippen LogP contribution in [0.3, 0.4) is 0 Å². The van der Waals surface area contributed by atoms with Crippen LogP contribution in [0.4, 0.5) is 28.6 Å². The molecule has 4 aromatic heterocycles. The van der Waals surface area contributed by atoms with Crippen molar-refractivity contribution in [2.24, 2.45) is 0 Å². The van der Waals surface area contributed by atoms with Gasteiger partial charge in [0.25, 0.3) is 0 Å². The quantitative estimate of drug-likeness (QED) is 0.164. The summed E-state index contributed by atoms with van der Waals surface area (Å²) in [5.74, 6) is 1.13. The van der Waals surface area contributed by atoms with E-state index in [1.165, 1.54) is 176 Å². The predicted octanol–water partition coefficient (Wildman–Crippen LogP) is 13.2. The van der Waals surface area contributed by atoms with Crippen LogP contribution in [-0.4, -0.2) is 148 Å². The molecule has 24 rings (SSSR count). The van der Waals surface area contributed by atoms with Crippen molar-refractivity contribution < 1.29 is 0 Å². The van der Waals surface area contributed by atoms with Gasteiger partial charge in [0.1, 0.15) is 0 Å². The van der Waals surface area contributed by atoms with Crippen molar-refractivity contribution in [2.75, 3.05) is 16.8 Å². The topological polar surface area (TPSA) is 58.0 Å². The number of pyridine rings is 4. The SMILES string of the molecule is Cc1cccc2c1[Se]c1c(C)cccc1N2c1ccccc1.Cc1cccc2c1[Se]c1c(C)cccc1[Si]2(C)C.Cc1cccc2c1[Se]c1c(C)cccc1[Si]2(c1ccccc1)c1ccccc1.Cc1cccc2c1[Se]c1c(C)ccnc1C2.Cc1cccc2c1[Se]c1c(C)ccnc1C2(C)C.Cc1cccc2c1[Se]c1c(C)ccnc1C2(C)C.Cc1cccc2c1[Se]c1c(C)ccnc1N2C. The first-order chi connectivity index (χ1) is 66.0. The molecule has 686 valence electrons. The van der Waals surface area contributed by atoms with E-state index in [9.17, 15) is 0 Å². The van der Waals surface area contributed by atoms with E-state index in [0.29, 0.717) is 105 Å². The Balaban J connectivity index is 0.000000107. The van der Waals surface area contributed by atoms with Crippen LogP contribution in [0.2, 0.25) is 13.1 Å². The Hall–Kier alpha value is -9.87. The third kappa shape index (κ3) is 18.7. The number of anilines is 5. The van der Waals surface area contributed by atoms with Crippen molar-refractivity contribution in [3.8, 4) is 0 Å². The van der Waals surface area contributed by atoms with Gasteiger partial charge in [-0.05, 0) is 0 Å². The molecule has 0 saturated carbocycles. The summed E-state index contributed by atoms with van der Waals surface area (Å²) < 4.78 is 21.6. The second kappa shape index (κ2) is 40.8. The number of benzene rings is 13. The van der Waals surface area contributed by atoms with Gasteiger partial charge in [-0.1, -0.05) is 0 Å². The van der Waals surface area contributed by atoms with Gasteiger partial charge < -0.3 is 0 Å². The first kappa shape index (κ1) is 97.4. The number of aryl methyl sites for hydroxylation is 14. The number of rotatable bonds is 3. The molecule has 17 aromatic rings. The summed E-state index contributed by atoms with van der Waals surface area (Å²) in [4.78, 5) is 23.0. The van der Waals surface area contributed by atoms with Gasteiger partial charge in [-0.25, -0.2) is 0 Å². The van der Waals surface area contributed by atoms with Gasteiger partial charge in [-0.3, -0.25) is 0 Å². The van der Waals surface area contributed by atoms with E-state index in [0.717, 1.165) is 12.2 Å². The van der Waals surface area contributed by atoms with Crippen LogP contribution in [0.1, 0.15) is 139 Å². The zero-order chi connectivity index (χ0) is 96.1. The fourth-order valence-corrected chi connectivity index (χ4v) is 52.1. The summed E-state index contributed by atoms with van der Waals surface area (Å²) in [6, 6.07) is 109. The molecule has 0 unspecified atom stereocenters. The number of aromatic nitrogens is 4. The molecular formula is C122H118N6Se7Si2. The average Bonchev–Trinajstić information content (AvgIpc) is 0.707. The molecule has 0 atom stereocenters. The van der Waals surface area contributed by atoms with Crippen LogP contribution in [0.5, 0.6) is 0 Å². The Labute approximate surface area is 859 Å². The van der Waals surface area contributed by atoms with Crippen molar-refractivity contribution in [1.82, 2.24) is 19.9 Å². The van der Waals surface area contributed by atoms with Gasteiger partial charge in [0, 0.05) is 0 Å². The van der Waals surface area contributed by atoms with E-state index < -0.39 is 16.1 Å². The van der Waals surface area contributed by atoms with Crippen LogP contribution in [0.25, 0.3) is 0 Å². The summed E-state index contributed by atoms with van der Waals surface area (Å²) in [7, 11) is -1.69. The molecule has 0 N–H and O–H groups in total. The van der Waals surface area contributed by atoms with Crippen molar-refractivity contribution in [3.63, 3.8) is 0 Å². The molecule has 0 radical (unpaired) electrons. The zero-order valence-electron chi connectivity index (χ0n) is 82.3. The van der Waals surface area contributed by atoms with E-state index >= 15 is 0 Å². The van der Waals surface area contributed by atoms with Gasteiger partial charge in [-0.2, -0.15) is 0 Å². The normalized spacial score (nSPS) is 14.4. The number of para-hydroxylation sites is 1. The molecule has 11 heterocycles. The number of hydrogen-bond acceptors (Lipinski definition) is 6. The van der Waals surface area contributed by atoms with E-state index in [1.54, 1.807) is 52.0 Å². The van der Waals surface area contributed by atoms with E-state index in [1.807, 2.05) is 24.8 Å². The van der Waals surface area contributed by atoms with E-state index in [2.05, 4.69) is 472 Å². The molecule has 13 aromatic carbocycles. The van der Waals surface area contributed by atoms with Crippen LogP contribution >= 0.6 is 0 Å². The van der Waals surface area contributed by atoms with Gasteiger partial charge >= 0.3 is 868 Å². The van der Waals surface area contributed by atoms with Gasteiger partial charge in [-0.15, -0.1) is 0 Å². The Kier molecular flexibility index (Phi) is 29.0. The minimum absolute atomic E-state index is 0.0305. The zero-order valence-corrected chi connectivity index (χ0v) is 96.3. The molecule has 6 nitrogen and oxygen atoms in total. The van der Waals surface area contributed by atoms with Crippen LogP contribution in [0, 0.1) is 96.9 Å². The fraction of sp³-hybridized carbons (Fsp3) is 0.197. The standard InChI is InChI=1S/C26H22SeSi.C20H17NSe.2C16H17NSe.C16H18SeSi.C14H14N2Se.C14H13NSe/c1-19-11-9-17-23-25(19)27-26-20(2)12-10-18-24(26)28(23,21-13-5-3-6-14-21)22-15-7-4-8-16-22;1-14-8-6-12-17-19(14)22-20-15(2)9-7-13-18(20)21(17)16-10-4-3-5-11-16;2*1-10-6-5-7-12-13(10)18-14-11(2)8-9-17-15(14)16(12,3)4;1-11-7-5-9-13-15(11)17-16-12(2)8-6-10-14(16)18(13,3)4;1-9-5-4-6-11-12(9)17-13-10(2)7-8-15-14(13)16(11)3;1-9-4-3-5-11-8-12-14(16-13(9)11)10(2)6-7-15-12/h3-18H,1-2H3;3-13H,1-2H3;2*5-9H,1-4H3;5-10H,1-4H3;4-8H,1-3H3;3-7H,8H2,1-2H3. The minimum atomic E-state index is -2.32. The molecule has 0 fully saturated rings. The summed E-state index contributed by atoms with van der Waals surface area (Å²) in [6.07, 6.45) is 8.75. The predicted molar refractivity (Wildman–Crippen MR) is 600 cm³/mol. The summed E-state index contributed by atoms with van der Waals surface area (Å²) in [5, 5.41) is 9.47. The van der Waals surface area contributed by atoms with E-state index in [4.69, 9.17) is 0 Å². The fourth-order valence-electron chi connectivity index (χ4n) is 19.9. The van der Waals surface area contributed by atoms with E-state index in [-0.39, 0.29) is 10.8 Å². The summed E-state index contributed by atoms with van der Waals surface area (Å²) in [6.45, 7) is 45.4. The van der Waals surface area contributed by atoms with Crippen molar-refractivity contribution in [3.05, 3.63) is 434 Å². The van der Waals surface area contributed by atoms with Crippen LogP contribution < -0.4 is 103 Å². The Morgan fingerprint density at radius 1 is 0.255 bits per heavy atom. The van der Waals surface area contributed by atoms with Crippen molar-refractivity contribution in [2.45, 2.75) is 155 Å². The second-order valence-corrected chi connectivity index (χ2v) is 61.4. The Bertz CT molecular complexity index is 6810. The maximum atomic E-state index is 4.68. The summed E-state index contributed by atoms with van der Waals surface area (Å²) in [5.41, 5.74) is 33.4. The maximum absolute atomic E-state index is 4.68. The average molecular weight is 2280 g/mol. The molecule has 7 aliphatic rings. The second-order valence-electron chi connectivity index (χ2n) is 38.3. The molecule has 0 bridgehead atoms. The molecule has 0 saturated heterocycles. The Morgan fingerprint density at radius 3 is 1.00 bits per heavy atom. The van der Waals surface area contributed by atoms with Crippen molar-refractivity contribution >= 4 is 243 Å². The van der Waals surface area contributed by atoms with Crippen molar-refractivity contribution in [1.29, 1.82) is 0 Å². The first-order valence-electron chi connectivity index (χ1n) is 47.2. The molecule has 7 aliphatic heterocycles. The molecule has 0 aliphatic carbocycles. The van der Waals surface area contributed by atoms with Gasteiger partial charge in [0.2, 0.25) is 0 Å². The third-order valence-electron chi connectivity index (χ3n) is 27.7. The Morgan fingerprint density at radius 2 is 0.555 bits per heavy atom. The van der Waals surface area contributed by atoms with Crippen LogP contribution in [0.15, 0.2) is 322 Å². The third-order valence-corrected chi connectivity index (χ3v) is 59.4. The molecular weight excluding hydrogens is 2160 g/mol. The molecule has 0 amide bonds. The first-order valence-corrected chi connectivity index (χ1v) is 64.2. The van der Waals surface area contributed by atoms with Crippen LogP contribution in [-0.2, 0) is 17.3 Å². The molecule has 137 heavy (non-hydrogen) atoms. The number of nitrogens with zero attached hydrogens (tertiary/aromatic N) is 6. The monoisotopic (exact) mass is 2280 g/mol. The number of fused-ring (bicyclic) bond motifs is 14. The molecule has 15 heteroatoms. The molecule has 0 spiro atoms. The van der Waals surface area contributed by atoms with Gasteiger partial charge in [0.15, 0.2) is 0 Å². The van der Waals surface area contributed by atoms with Gasteiger partial charge in [0.05, 0.1) is 0 Å².